The van der Waals surface area contributed by atoms with Gasteiger partial charge in [-0.1, -0.05) is 39.3 Å². The van der Waals surface area contributed by atoms with Gasteiger partial charge in [-0.05, 0) is 61.8 Å². The normalized spacial score (nSPS) is 19.1. The Bertz CT molecular complexity index is 430. The molecule has 0 amide bonds. The van der Waals surface area contributed by atoms with E-state index in [4.69, 9.17) is 4.74 Å². The molecule has 0 bridgehead atoms. The Hall–Kier alpha value is -1.02. The minimum atomic E-state index is 0.519. The monoisotopic (exact) mass is 289 g/mol. The van der Waals surface area contributed by atoms with Gasteiger partial charge < -0.3 is 10.1 Å². The number of ether oxygens (including phenoxy) is 1. The molecule has 0 saturated carbocycles. The molecular formula is C19H31NO. The van der Waals surface area contributed by atoms with Crippen molar-refractivity contribution in [2.75, 3.05) is 13.2 Å². The Morgan fingerprint density at radius 2 is 2.14 bits per heavy atom. The quantitative estimate of drug-likeness (QED) is 0.736. The van der Waals surface area contributed by atoms with E-state index in [1.807, 2.05) is 0 Å². The van der Waals surface area contributed by atoms with Crippen LogP contribution in [0.4, 0.5) is 0 Å². The van der Waals surface area contributed by atoms with Crippen LogP contribution in [-0.2, 0) is 6.42 Å². The molecule has 118 valence electrons. The molecule has 21 heavy (non-hydrogen) atoms. The first kappa shape index (κ1) is 16.4. The second-order valence-corrected chi connectivity index (χ2v) is 6.43. The lowest BCUT2D eigenvalue weighted by Gasteiger charge is -2.28. The zero-order valence-corrected chi connectivity index (χ0v) is 14.0. The first-order valence-electron chi connectivity index (χ1n) is 8.74. The molecule has 0 aliphatic heterocycles. The summed E-state index contributed by atoms with van der Waals surface area (Å²) in [6.45, 7) is 8.70. The van der Waals surface area contributed by atoms with Gasteiger partial charge in [-0.3, -0.25) is 0 Å². The lowest BCUT2D eigenvalue weighted by Crippen LogP contribution is -2.26. The second kappa shape index (κ2) is 8.43. The molecule has 2 unspecified atom stereocenters. The highest BCUT2D eigenvalue weighted by Gasteiger charge is 2.22. The molecule has 1 aromatic carbocycles. The molecule has 0 heterocycles. The van der Waals surface area contributed by atoms with E-state index in [0.717, 1.165) is 25.3 Å². The van der Waals surface area contributed by atoms with Crippen molar-refractivity contribution in [3.8, 4) is 5.75 Å². The molecule has 1 aliphatic rings. The summed E-state index contributed by atoms with van der Waals surface area (Å²) < 4.78 is 6.14. The number of hydrogen-bond donors (Lipinski definition) is 1. The Kier molecular flexibility index (Phi) is 6.56. The molecule has 0 aromatic heterocycles. The summed E-state index contributed by atoms with van der Waals surface area (Å²) in [6.07, 6.45) is 7.35. The fraction of sp³-hybridized carbons (Fsp3) is 0.684. The predicted octanol–water partition coefficient (Wildman–Crippen LogP) is 4.88. The van der Waals surface area contributed by atoms with Gasteiger partial charge >= 0.3 is 0 Å². The van der Waals surface area contributed by atoms with Gasteiger partial charge in [0.1, 0.15) is 5.75 Å². The third-order valence-electron chi connectivity index (χ3n) is 4.41. The summed E-state index contributed by atoms with van der Waals surface area (Å²) in [4.78, 5) is 0. The highest BCUT2D eigenvalue weighted by atomic mass is 16.5. The molecule has 0 radical (unpaired) electrons. The lowest BCUT2D eigenvalue weighted by molar-refractivity contribution is 0.247. The maximum absolute atomic E-state index is 6.14. The van der Waals surface area contributed by atoms with Crippen LogP contribution in [0.25, 0.3) is 0 Å². The van der Waals surface area contributed by atoms with E-state index in [0.29, 0.717) is 12.0 Å². The average Bonchev–Trinajstić information content (AvgIpc) is 2.51. The van der Waals surface area contributed by atoms with Crippen molar-refractivity contribution in [1.29, 1.82) is 0 Å². The summed E-state index contributed by atoms with van der Waals surface area (Å²) in [5.41, 5.74) is 2.91. The van der Waals surface area contributed by atoms with Gasteiger partial charge in [-0.25, -0.2) is 0 Å². The molecule has 1 aromatic rings. The SMILES string of the molecule is CCCNC1CCCc2c(OCC(C)CCC)cccc21. The van der Waals surface area contributed by atoms with Crippen molar-refractivity contribution in [1.82, 2.24) is 5.32 Å². The minimum Gasteiger partial charge on any atom is -0.493 e. The molecule has 1 aliphatic carbocycles. The van der Waals surface area contributed by atoms with E-state index in [1.165, 1.54) is 43.2 Å². The van der Waals surface area contributed by atoms with Crippen LogP contribution in [0.1, 0.15) is 70.0 Å². The van der Waals surface area contributed by atoms with Gasteiger partial charge in [0, 0.05) is 6.04 Å². The standard InChI is InChI=1S/C19H31NO/c1-4-8-15(3)14-21-19-12-7-9-16-17(19)10-6-11-18(16)20-13-5-2/h7,9,12,15,18,20H,4-6,8,10-11,13-14H2,1-3H3. The van der Waals surface area contributed by atoms with Crippen LogP contribution < -0.4 is 10.1 Å². The van der Waals surface area contributed by atoms with Crippen LogP contribution in [0.15, 0.2) is 18.2 Å². The fourth-order valence-electron chi connectivity index (χ4n) is 3.29. The third kappa shape index (κ3) is 4.47. The van der Waals surface area contributed by atoms with Crippen molar-refractivity contribution in [3.05, 3.63) is 29.3 Å². The van der Waals surface area contributed by atoms with E-state index in [-0.39, 0.29) is 0 Å². The number of benzene rings is 1. The van der Waals surface area contributed by atoms with Crippen molar-refractivity contribution < 1.29 is 4.74 Å². The fourth-order valence-corrected chi connectivity index (χ4v) is 3.29. The summed E-state index contributed by atoms with van der Waals surface area (Å²) in [6, 6.07) is 7.11. The van der Waals surface area contributed by atoms with Crippen molar-refractivity contribution in [2.45, 2.75) is 65.3 Å². The Morgan fingerprint density at radius 1 is 1.29 bits per heavy atom. The zero-order chi connectivity index (χ0) is 15.1. The predicted molar refractivity (Wildman–Crippen MR) is 90.0 cm³/mol. The van der Waals surface area contributed by atoms with E-state index in [9.17, 15) is 0 Å². The maximum Gasteiger partial charge on any atom is 0.122 e. The van der Waals surface area contributed by atoms with Gasteiger partial charge in [-0.2, -0.15) is 0 Å². The first-order chi connectivity index (χ1) is 10.3. The topological polar surface area (TPSA) is 21.3 Å². The maximum atomic E-state index is 6.14. The smallest absolute Gasteiger partial charge is 0.122 e. The molecule has 2 atom stereocenters. The minimum absolute atomic E-state index is 0.519. The van der Waals surface area contributed by atoms with Crippen LogP contribution in [0.5, 0.6) is 5.75 Å². The molecule has 2 rings (SSSR count). The van der Waals surface area contributed by atoms with Crippen molar-refractivity contribution in [3.63, 3.8) is 0 Å². The first-order valence-corrected chi connectivity index (χ1v) is 8.74. The van der Waals surface area contributed by atoms with Gasteiger partial charge in [0.25, 0.3) is 0 Å². The summed E-state index contributed by atoms with van der Waals surface area (Å²) in [7, 11) is 0. The molecule has 1 N–H and O–H groups in total. The van der Waals surface area contributed by atoms with Crippen molar-refractivity contribution >= 4 is 0 Å². The summed E-state index contributed by atoms with van der Waals surface area (Å²) >= 11 is 0. The van der Waals surface area contributed by atoms with E-state index in [1.54, 1.807) is 0 Å². The number of rotatable bonds is 8. The summed E-state index contributed by atoms with van der Waals surface area (Å²) in [5.74, 6) is 1.77. The number of fused-ring (bicyclic) bond motifs is 1. The second-order valence-electron chi connectivity index (χ2n) is 6.43. The molecular weight excluding hydrogens is 258 g/mol. The largest absolute Gasteiger partial charge is 0.493 e. The molecule has 0 fully saturated rings. The van der Waals surface area contributed by atoms with Crippen LogP contribution in [0, 0.1) is 5.92 Å². The van der Waals surface area contributed by atoms with Crippen LogP contribution in [0.2, 0.25) is 0 Å². The van der Waals surface area contributed by atoms with E-state index < -0.39 is 0 Å². The Morgan fingerprint density at radius 3 is 2.90 bits per heavy atom. The number of nitrogens with one attached hydrogen (secondary N) is 1. The molecule has 0 spiro atoms. The number of hydrogen-bond acceptors (Lipinski definition) is 2. The Labute approximate surface area is 130 Å². The molecule has 0 saturated heterocycles. The zero-order valence-electron chi connectivity index (χ0n) is 14.0. The van der Waals surface area contributed by atoms with Gasteiger partial charge in [0.15, 0.2) is 0 Å². The highest BCUT2D eigenvalue weighted by molar-refractivity contribution is 5.43. The van der Waals surface area contributed by atoms with Crippen LogP contribution in [-0.4, -0.2) is 13.2 Å². The molecule has 2 nitrogen and oxygen atoms in total. The van der Waals surface area contributed by atoms with Crippen LogP contribution >= 0.6 is 0 Å². The third-order valence-corrected chi connectivity index (χ3v) is 4.41. The summed E-state index contributed by atoms with van der Waals surface area (Å²) in [5, 5.41) is 3.68. The lowest BCUT2D eigenvalue weighted by atomic mass is 9.87. The van der Waals surface area contributed by atoms with Crippen LogP contribution in [0.3, 0.4) is 0 Å². The van der Waals surface area contributed by atoms with Gasteiger partial charge in [0.2, 0.25) is 0 Å². The average molecular weight is 289 g/mol. The Balaban J connectivity index is 2.06. The van der Waals surface area contributed by atoms with E-state index in [2.05, 4.69) is 44.3 Å². The van der Waals surface area contributed by atoms with Gasteiger partial charge in [0.05, 0.1) is 6.61 Å². The van der Waals surface area contributed by atoms with Crippen molar-refractivity contribution in [2.24, 2.45) is 5.92 Å². The highest BCUT2D eigenvalue weighted by Crippen LogP contribution is 2.35. The van der Waals surface area contributed by atoms with Gasteiger partial charge in [-0.15, -0.1) is 0 Å². The van der Waals surface area contributed by atoms with E-state index >= 15 is 0 Å². The molecule has 2 heteroatoms.